The minimum atomic E-state index is -0.994. The quantitative estimate of drug-likeness (QED) is 0.120. The molecule has 4 rings (SSSR count). The van der Waals surface area contributed by atoms with Crippen LogP contribution in [-0.4, -0.2) is 19.2 Å². The molecule has 0 N–H and O–H groups in total. The summed E-state index contributed by atoms with van der Waals surface area (Å²) in [5, 5.41) is 0. The molecule has 0 heterocycles. The van der Waals surface area contributed by atoms with Gasteiger partial charge in [-0.25, -0.2) is 18.0 Å². The number of ether oxygens (including phenoxy) is 3. The largest absolute Gasteiger partial charge is 0.494 e. The molecular formula is C31H27F3O4. The molecule has 0 aliphatic heterocycles. The van der Waals surface area contributed by atoms with Gasteiger partial charge in [-0.3, -0.25) is 0 Å². The summed E-state index contributed by atoms with van der Waals surface area (Å²) >= 11 is 0. The molecule has 7 heteroatoms. The van der Waals surface area contributed by atoms with Gasteiger partial charge < -0.3 is 14.2 Å². The predicted molar refractivity (Wildman–Crippen MR) is 140 cm³/mol. The molecule has 0 bridgehead atoms. The zero-order valence-corrected chi connectivity index (χ0v) is 21.1. The van der Waals surface area contributed by atoms with E-state index in [0.29, 0.717) is 35.8 Å². The van der Waals surface area contributed by atoms with Crippen molar-refractivity contribution in [2.24, 2.45) is 0 Å². The summed E-state index contributed by atoms with van der Waals surface area (Å²) in [6.45, 7) is 4.81. The SMILES string of the molecule is CCCCOc1ccc(-c2ccc(-c3ccc(OC(=O)c4ccc(OCC)cc4F)cc3)c(F)c2F)cc1. The summed E-state index contributed by atoms with van der Waals surface area (Å²) in [6, 6.07) is 19.6. The number of benzene rings is 4. The first-order chi connectivity index (χ1) is 18.4. The van der Waals surface area contributed by atoms with E-state index in [9.17, 15) is 9.18 Å². The third-order valence-electron chi connectivity index (χ3n) is 5.86. The van der Waals surface area contributed by atoms with Crippen LogP contribution < -0.4 is 14.2 Å². The summed E-state index contributed by atoms with van der Waals surface area (Å²) in [7, 11) is 0. The van der Waals surface area contributed by atoms with Crippen LogP contribution in [0, 0.1) is 17.5 Å². The van der Waals surface area contributed by atoms with Crippen LogP contribution in [0.15, 0.2) is 78.9 Å². The van der Waals surface area contributed by atoms with Gasteiger partial charge in [-0.1, -0.05) is 49.7 Å². The van der Waals surface area contributed by atoms with Gasteiger partial charge in [-0.15, -0.1) is 0 Å². The van der Waals surface area contributed by atoms with Crippen LogP contribution in [-0.2, 0) is 0 Å². The summed E-state index contributed by atoms with van der Waals surface area (Å²) < 4.78 is 60.4. The van der Waals surface area contributed by atoms with Gasteiger partial charge in [0.15, 0.2) is 11.6 Å². The average molecular weight is 521 g/mol. The van der Waals surface area contributed by atoms with E-state index in [1.165, 1.54) is 48.5 Å². The monoisotopic (exact) mass is 520 g/mol. The van der Waals surface area contributed by atoms with Gasteiger partial charge in [-0.2, -0.15) is 0 Å². The lowest BCUT2D eigenvalue weighted by Gasteiger charge is -2.11. The number of carbonyl (C=O) groups is 1. The molecular weight excluding hydrogens is 493 g/mol. The maximum absolute atomic E-state index is 15.0. The number of halogens is 3. The fourth-order valence-corrected chi connectivity index (χ4v) is 3.84. The zero-order valence-electron chi connectivity index (χ0n) is 21.1. The van der Waals surface area contributed by atoms with Crippen molar-refractivity contribution in [3.63, 3.8) is 0 Å². The number of hydrogen-bond donors (Lipinski definition) is 0. The normalized spacial score (nSPS) is 10.8. The Morgan fingerprint density at radius 3 is 1.76 bits per heavy atom. The molecule has 0 radical (unpaired) electrons. The van der Waals surface area contributed by atoms with Gasteiger partial charge in [0.1, 0.15) is 23.1 Å². The maximum Gasteiger partial charge on any atom is 0.346 e. The molecule has 0 fully saturated rings. The Labute approximate surface area is 219 Å². The van der Waals surface area contributed by atoms with Crippen LogP contribution in [0.4, 0.5) is 13.2 Å². The highest BCUT2D eigenvalue weighted by Crippen LogP contribution is 2.33. The van der Waals surface area contributed by atoms with Crippen LogP contribution in [0.5, 0.6) is 17.2 Å². The summed E-state index contributed by atoms with van der Waals surface area (Å²) in [6.07, 6.45) is 1.96. The second-order valence-electron chi connectivity index (χ2n) is 8.50. The molecule has 0 aliphatic rings. The highest BCUT2D eigenvalue weighted by molar-refractivity contribution is 5.91. The standard InChI is InChI=1S/C31H27F3O4/c1-3-5-18-37-22-10-6-20(7-11-22)25-16-17-26(30(34)29(25)33)21-8-12-23(13-9-21)38-31(35)27-15-14-24(36-4-2)19-28(27)32/h6-17,19H,3-5,18H2,1-2H3. The summed E-state index contributed by atoms with van der Waals surface area (Å²) in [5.41, 5.74) is 0.858. The Hall–Kier alpha value is -4.26. The van der Waals surface area contributed by atoms with Crippen LogP contribution in [0.2, 0.25) is 0 Å². The molecule has 0 aromatic heterocycles. The van der Waals surface area contributed by atoms with E-state index in [4.69, 9.17) is 14.2 Å². The Balaban J connectivity index is 1.47. The zero-order chi connectivity index (χ0) is 27.1. The second-order valence-corrected chi connectivity index (χ2v) is 8.50. The number of hydrogen-bond acceptors (Lipinski definition) is 4. The van der Waals surface area contributed by atoms with Crippen LogP contribution >= 0.6 is 0 Å². The molecule has 4 aromatic rings. The van der Waals surface area contributed by atoms with E-state index < -0.39 is 23.4 Å². The Bertz CT molecular complexity index is 1400. The van der Waals surface area contributed by atoms with E-state index in [2.05, 4.69) is 6.92 Å². The first kappa shape index (κ1) is 26.8. The highest BCUT2D eigenvalue weighted by atomic mass is 19.2. The second kappa shape index (κ2) is 12.3. The predicted octanol–water partition coefficient (Wildman–Crippen LogP) is 8.23. The number of carbonyl (C=O) groups excluding carboxylic acids is 1. The summed E-state index contributed by atoms with van der Waals surface area (Å²) in [5.74, 6) is -2.51. The van der Waals surface area contributed by atoms with Gasteiger partial charge in [0.05, 0.1) is 18.8 Å². The van der Waals surface area contributed by atoms with Crippen LogP contribution in [0.1, 0.15) is 37.0 Å². The molecule has 0 aliphatic carbocycles. The van der Waals surface area contributed by atoms with Gasteiger partial charge in [0, 0.05) is 17.2 Å². The van der Waals surface area contributed by atoms with Gasteiger partial charge in [0.2, 0.25) is 0 Å². The Kier molecular flexibility index (Phi) is 8.69. The van der Waals surface area contributed by atoms with Gasteiger partial charge in [-0.05, 0) is 60.9 Å². The van der Waals surface area contributed by atoms with E-state index in [-0.39, 0.29) is 22.4 Å². The molecule has 4 aromatic carbocycles. The molecule has 0 atom stereocenters. The van der Waals surface area contributed by atoms with Crippen molar-refractivity contribution in [3.8, 4) is 39.5 Å². The highest BCUT2D eigenvalue weighted by Gasteiger charge is 2.18. The first-order valence-corrected chi connectivity index (χ1v) is 12.4. The Morgan fingerprint density at radius 2 is 1.24 bits per heavy atom. The lowest BCUT2D eigenvalue weighted by atomic mass is 9.98. The minimum absolute atomic E-state index is 0.0567. The molecule has 4 nitrogen and oxygen atoms in total. The van der Waals surface area contributed by atoms with Gasteiger partial charge in [0.25, 0.3) is 0 Å². The first-order valence-electron chi connectivity index (χ1n) is 12.4. The van der Waals surface area contributed by atoms with Crippen LogP contribution in [0.3, 0.4) is 0 Å². The smallest absolute Gasteiger partial charge is 0.346 e. The summed E-state index contributed by atoms with van der Waals surface area (Å²) in [4.78, 5) is 12.4. The third kappa shape index (κ3) is 6.17. The van der Waals surface area contributed by atoms with Crippen molar-refractivity contribution in [1.29, 1.82) is 0 Å². The molecule has 0 amide bonds. The number of rotatable bonds is 10. The third-order valence-corrected chi connectivity index (χ3v) is 5.86. The van der Waals surface area contributed by atoms with Crippen molar-refractivity contribution in [2.45, 2.75) is 26.7 Å². The Morgan fingerprint density at radius 1 is 0.684 bits per heavy atom. The minimum Gasteiger partial charge on any atom is -0.494 e. The molecule has 0 saturated carbocycles. The van der Waals surface area contributed by atoms with Crippen molar-refractivity contribution in [2.75, 3.05) is 13.2 Å². The maximum atomic E-state index is 15.0. The lowest BCUT2D eigenvalue weighted by Crippen LogP contribution is -2.11. The van der Waals surface area contributed by atoms with Crippen molar-refractivity contribution >= 4 is 5.97 Å². The molecule has 0 spiro atoms. The molecule has 196 valence electrons. The number of esters is 1. The van der Waals surface area contributed by atoms with Crippen LogP contribution in [0.25, 0.3) is 22.3 Å². The fourth-order valence-electron chi connectivity index (χ4n) is 3.84. The number of unbranched alkanes of at least 4 members (excludes halogenated alkanes) is 1. The van der Waals surface area contributed by atoms with E-state index >= 15 is 8.78 Å². The fraction of sp³-hybridized carbons (Fsp3) is 0.194. The molecule has 0 saturated heterocycles. The average Bonchev–Trinajstić information content (AvgIpc) is 2.92. The lowest BCUT2D eigenvalue weighted by molar-refractivity contribution is 0.0730. The molecule has 0 unspecified atom stereocenters. The van der Waals surface area contributed by atoms with Gasteiger partial charge >= 0.3 is 5.97 Å². The van der Waals surface area contributed by atoms with Crippen molar-refractivity contribution < 1.29 is 32.2 Å². The van der Waals surface area contributed by atoms with E-state index in [1.807, 2.05) is 0 Å². The van der Waals surface area contributed by atoms with Crippen molar-refractivity contribution in [1.82, 2.24) is 0 Å². The van der Waals surface area contributed by atoms with E-state index in [1.54, 1.807) is 31.2 Å². The van der Waals surface area contributed by atoms with Crippen molar-refractivity contribution in [3.05, 3.63) is 102 Å². The molecule has 38 heavy (non-hydrogen) atoms. The van der Waals surface area contributed by atoms with E-state index in [0.717, 1.165) is 18.9 Å². The topological polar surface area (TPSA) is 44.8 Å².